The van der Waals surface area contributed by atoms with Crippen LogP contribution in [0.4, 0.5) is 0 Å². The van der Waals surface area contributed by atoms with Crippen LogP contribution in [-0.4, -0.2) is 44.6 Å². The number of hydrogen-bond donors (Lipinski definition) is 1. The third kappa shape index (κ3) is 3.18. The standard InChI is InChI=1S/C10H19NO4S/c1-4-8(9(12)15-3)11-10(2)5-6-16(13,14)7-10/h8,11H,4-7H2,1-3H3. The van der Waals surface area contributed by atoms with E-state index in [1.165, 1.54) is 7.11 Å². The van der Waals surface area contributed by atoms with Crippen LogP contribution in [0.2, 0.25) is 0 Å². The highest BCUT2D eigenvalue weighted by atomic mass is 32.2. The van der Waals surface area contributed by atoms with Crippen molar-refractivity contribution in [3.05, 3.63) is 0 Å². The summed E-state index contributed by atoms with van der Waals surface area (Å²) < 4.78 is 27.5. The molecule has 0 radical (unpaired) electrons. The molecule has 2 unspecified atom stereocenters. The van der Waals surface area contributed by atoms with Gasteiger partial charge in [-0.2, -0.15) is 0 Å². The van der Waals surface area contributed by atoms with Crippen molar-refractivity contribution in [3.8, 4) is 0 Å². The normalized spacial score (nSPS) is 29.9. The largest absolute Gasteiger partial charge is 0.468 e. The molecule has 1 rings (SSSR count). The molecule has 6 heteroatoms. The number of carbonyl (C=O) groups is 1. The molecule has 1 N–H and O–H groups in total. The first-order valence-corrected chi connectivity index (χ1v) is 7.20. The lowest BCUT2D eigenvalue weighted by atomic mass is 10.00. The monoisotopic (exact) mass is 249 g/mol. The summed E-state index contributed by atoms with van der Waals surface area (Å²) in [6.45, 7) is 3.70. The van der Waals surface area contributed by atoms with Gasteiger partial charge >= 0.3 is 5.97 Å². The van der Waals surface area contributed by atoms with Crippen LogP contribution in [-0.2, 0) is 19.4 Å². The van der Waals surface area contributed by atoms with Crippen LogP contribution in [0.25, 0.3) is 0 Å². The number of carbonyl (C=O) groups excluding carboxylic acids is 1. The Morgan fingerprint density at radius 2 is 2.19 bits per heavy atom. The molecule has 0 aromatic heterocycles. The van der Waals surface area contributed by atoms with Gasteiger partial charge in [-0.1, -0.05) is 6.92 Å². The number of nitrogens with one attached hydrogen (secondary N) is 1. The van der Waals surface area contributed by atoms with Crippen molar-refractivity contribution in [2.45, 2.75) is 38.3 Å². The van der Waals surface area contributed by atoms with Gasteiger partial charge in [0.15, 0.2) is 9.84 Å². The Morgan fingerprint density at radius 3 is 2.56 bits per heavy atom. The van der Waals surface area contributed by atoms with Crippen LogP contribution in [0.3, 0.4) is 0 Å². The Balaban J connectivity index is 2.69. The molecule has 94 valence electrons. The molecule has 0 spiro atoms. The number of rotatable bonds is 4. The third-order valence-corrected chi connectivity index (χ3v) is 4.82. The van der Waals surface area contributed by atoms with E-state index < -0.39 is 21.4 Å². The minimum atomic E-state index is -2.95. The first kappa shape index (κ1) is 13.4. The Morgan fingerprint density at radius 1 is 1.56 bits per heavy atom. The molecule has 0 aliphatic carbocycles. The Labute approximate surface area is 96.5 Å². The average molecular weight is 249 g/mol. The van der Waals surface area contributed by atoms with E-state index in [-0.39, 0.29) is 17.5 Å². The molecule has 2 atom stereocenters. The number of sulfone groups is 1. The molecular formula is C10H19NO4S. The summed E-state index contributed by atoms with van der Waals surface area (Å²) in [4.78, 5) is 11.4. The van der Waals surface area contributed by atoms with Gasteiger partial charge in [0.25, 0.3) is 0 Å². The van der Waals surface area contributed by atoms with Gasteiger partial charge in [-0.05, 0) is 19.8 Å². The van der Waals surface area contributed by atoms with E-state index in [1.807, 2.05) is 13.8 Å². The summed E-state index contributed by atoms with van der Waals surface area (Å²) in [5.41, 5.74) is -0.506. The van der Waals surface area contributed by atoms with E-state index in [4.69, 9.17) is 0 Å². The second kappa shape index (κ2) is 4.71. The predicted octanol–water partition coefficient (Wildman–Crippen LogP) is 0.105. The van der Waals surface area contributed by atoms with Crippen molar-refractivity contribution in [1.82, 2.24) is 5.32 Å². The molecule has 1 aliphatic rings. The molecule has 5 nitrogen and oxygen atoms in total. The lowest BCUT2D eigenvalue weighted by Gasteiger charge is -2.28. The van der Waals surface area contributed by atoms with Crippen molar-refractivity contribution in [2.75, 3.05) is 18.6 Å². The first-order valence-electron chi connectivity index (χ1n) is 5.38. The van der Waals surface area contributed by atoms with Gasteiger partial charge in [0, 0.05) is 5.54 Å². The molecule has 0 bridgehead atoms. The van der Waals surface area contributed by atoms with Crippen LogP contribution < -0.4 is 5.32 Å². The van der Waals surface area contributed by atoms with Gasteiger partial charge in [0.05, 0.1) is 18.6 Å². The van der Waals surface area contributed by atoms with Crippen LogP contribution in [0.5, 0.6) is 0 Å². The zero-order valence-corrected chi connectivity index (χ0v) is 10.8. The Hall–Kier alpha value is -0.620. The van der Waals surface area contributed by atoms with E-state index in [0.29, 0.717) is 12.8 Å². The topological polar surface area (TPSA) is 72.5 Å². The summed E-state index contributed by atoms with van der Waals surface area (Å²) in [5.74, 6) is -0.0604. The summed E-state index contributed by atoms with van der Waals surface area (Å²) in [5, 5.41) is 3.09. The quantitative estimate of drug-likeness (QED) is 0.716. The molecule has 0 aromatic carbocycles. The van der Waals surface area contributed by atoms with E-state index in [9.17, 15) is 13.2 Å². The fourth-order valence-corrected chi connectivity index (χ4v) is 4.12. The molecule has 1 fully saturated rings. The molecule has 1 heterocycles. The molecule has 0 amide bonds. The van der Waals surface area contributed by atoms with Gasteiger partial charge in [-0.3, -0.25) is 10.1 Å². The molecule has 0 aromatic rings. The van der Waals surface area contributed by atoms with E-state index in [1.54, 1.807) is 0 Å². The molecule has 0 saturated carbocycles. The maximum Gasteiger partial charge on any atom is 0.322 e. The number of esters is 1. The minimum absolute atomic E-state index is 0.0908. The number of methoxy groups -OCH3 is 1. The van der Waals surface area contributed by atoms with Crippen molar-refractivity contribution >= 4 is 15.8 Å². The molecular weight excluding hydrogens is 230 g/mol. The van der Waals surface area contributed by atoms with Crippen LogP contribution >= 0.6 is 0 Å². The summed E-state index contributed by atoms with van der Waals surface area (Å²) >= 11 is 0. The summed E-state index contributed by atoms with van der Waals surface area (Å²) in [6.07, 6.45) is 1.13. The van der Waals surface area contributed by atoms with E-state index >= 15 is 0 Å². The summed E-state index contributed by atoms with van der Waals surface area (Å²) in [6, 6.07) is -0.428. The highest BCUT2D eigenvalue weighted by molar-refractivity contribution is 7.91. The Bertz CT molecular complexity index is 365. The minimum Gasteiger partial charge on any atom is -0.468 e. The first-order chi connectivity index (χ1) is 7.32. The van der Waals surface area contributed by atoms with Crippen LogP contribution in [0, 0.1) is 0 Å². The summed E-state index contributed by atoms with van der Waals surface area (Å²) in [7, 11) is -1.62. The molecule has 16 heavy (non-hydrogen) atoms. The lowest BCUT2D eigenvalue weighted by Crippen LogP contribution is -2.52. The highest BCUT2D eigenvalue weighted by Crippen LogP contribution is 2.23. The maximum atomic E-state index is 11.4. The van der Waals surface area contributed by atoms with Gasteiger partial charge in [-0.25, -0.2) is 8.42 Å². The second-order valence-corrected chi connectivity index (χ2v) is 6.72. The van der Waals surface area contributed by atoms with Crippen molar-refractivity contribution < 1.29 is 17.9 Å². The van der Waals surface area contributed by atoms with E-state index in [2.05, 4.69) is 10.1 Å². The van der Waals surface area contributed by atoms with Crippen LogP contribution in [0.15, 0.2) is 0 Å². The Kier molecular flexibility index (Phi) is 3.96. The smallest absolute Gasteiger partial charge is 0.322 e. The maximum absolute atomic E-state index is 11.4. The number of ether oxygens (including phenoxy) is 1. The fourth-order valence-electron chi connectivity index (χ4n) is 2.01. The second-order valence-electron chi connectivity index (χ2n) is 4.53. The predicted molar refractivity (Wildman–Crippen MR) is 60.9 cm³/mol. The lowest BCUT2D eigenvalue weighted by molar-refractivity contribution is -0.143. The van der Waals surface area contributed by atoms with Crippen molar-refractivity contribution in [1.29, 1.82) is 0 Å². The van der Waals surface area contributed by atoms with Gasteiger partial charge < -0.3 is 4.74 Å². The zero-order chi connectivity index (χ0) is 12.4. The number of hydrogen-bond acceptors (Lipinski definition) is 5. The average Bonchev–Trinajstić information content (AvgIpc) is 2.49. The zero-order valence-electron chi connectivity index (χ0n) is 9.95. The third-order valence-electron chi connectivity index (χ3n) is 2.92. The van der Waals surface area contributed by atoms with Crippen molar-refractivity contribution in [3.63, 3.8) is 0 Å². The molecule has 1 aliphatic heterocycles. The van der Waals surface area contributed by atoms with Gasteiger partial charge in [0.2, 0.25) is 0 Å². The van der Waals surface area contributed by atoms with Gasteiger partial charge in [0.1, 0.15) is 6.04 Å². The fraction of sp³-hybridized carbons (Fsp3) is 0.900. The van der Waals surface area contributed by atoms with E-state index in [0.717, 1.165) is 0 Å². The van der Waals surface area contributed by atoms with Crippen molar-refractivity contribution in [2.24, 2.45) is 0 Å². The highest BCUT2D eigenvalue weighted by Gasteiger charge is 2.40. The SMILES string of the molecule is CCC(NC1(C)CCS(=O)(=O)C1)C(=O)OC. The van der Waals surface area contributed by atoms with Crippen LogP contribution in [0.1, 0.15) is 26.7 Å². The van der Waals surface area contributed by atoms with Gasteiger partial charge in [-0.15, -0.1) is 0 Å². The molecule has 1 saturated heterocycles.